The van der Waals surface area contributed by atoms with Gasteiger partial charge in [-0.05, 0) is 44.1 Å². The molecule has 1 aliphatic heterocycles. The lowest BCUT2D eigenvalue weighted by molar-refractivity contribution is -0.122. The van der Waals surface area contributed by atoms with Crippen LogP contribution in [-0.4, -0.2) is 51.8 Å². The Hall–Kier alpha value is -2.12. The molecular formula is C18H27N3O4. The molecule has 0 spiro atoms. The molecule has 25 heavy (non-hydrogen) atoms. The number of methoxy groups -OCH3 is 1. The highest BCUT2D eigenvalue weighted by molar-refractivity contribution is 5.93. The minimum absolute atomic E-state index is 0.00629. The fourth-order valence-corrected chi connectivity index (χ4v) is 3.01. The van der Waals surface area contributed by atoms with Gasteiger partial charge in [0, 0.05) is 24.6 Å². The second kappa shape index (κ2) is 9.39. The van der Waals surface area contributed by atoms with E-state index in [0.29, 0.717) is 24.5 Å². The number of hydrogen-bond donors (Lipinski definition) is 3. The van der Waals surface area contributed by atoms with Crippen molar-refractivity contribution < 1.29 is 19.1 Å². The molecule has 2 amide bonds. The zero-order valence-corrected chi connectivity index (χ0v) is 14.7. The van der Waals surface area contributed by atoms with E-state index in [2.05, 4.69) is 10.6 Å². The standard InChI is InChI=1S/C18H27N3O4/c1-24-13-18(6-8-20-9-7-18)12-21-16(22)5-10-25-15-4-2-3-14(11-15)17(19)23/h2-4,11,20H,5-10,12-13H2,1H3,(H2,19,23)(H,21,22). The largest absolute Gasteiger partial charge is 0.493 e. The molecule has 0 aromatic heterocycles. The van der Waals surface area contributed by atoms with Crippen LogP contribution in [0.1, 0.15) is 29.6 Å². The van der Waals surface area contributed by atoms with Gasteiger partial charge in [0.25, 0.3) is 0 Å². The third-order valence-electron chi connectivity index (χ3n) is 4.49. The third kappa shape index (κ3) is 6.03. The summed E-state index contributed by atoms with van der Waals surface area (Å²) in [7, 11) is 1.69. The number of benzene rings is 1. The minimum Gasteiger partial charge on any atom is -0.493 e. The molecule has 1 aromatic carbocycles. The number of ether oxygens (including phenoxy) is 2. The summed E-state index contributed by atoms with van der Waals surface area (Å²) in [5.74, 6) is -0.0352. The van der Waals surface area contributed by atoms with Crippen LogP contribution in [0.2, 0.25) is 0 Å². The normalized spacial score (nSPS) is 16.2. The highest BCUT2D eigenvalue weighted by Crippen LogP contribution is 2.28. The van der Waals surface area contributed by atoms with Crippen molar-refractivity contribution in [2.24, 2.45) is 11.1 Å². The molecule has 1 aromatic rings. The van der Waals surface area contributed by atoms with Gasteiger partial charge in [-0.25, -0.2) is 0 Å². The Labute approximate surface area is 148 Å². The molecule has 0 radical (unpaired) electrons. The van der Waals surface area contributed by atoms with Crippen molar-refractivity contribution in [1.29, 1.82) is 0 Å². The maximum Gasteiger partial charge on any atom is 0.248 e. The highest BCUT2D eigenvalue weighted by atomic mass is 16.5. The fraction of sp³-hybridized carbons (Fsp3) is 0.556. The second-order valence-corrected chi connectivity index (χ2v) is 6.45. The molecule has 0 saturated carbocycles. The first-order valence-corrected chi connectivity index (χ1v) is 8.54. The van der Waals surface area contributed by atoms with Crippen LogP contribution in [0.5, 0.6) is 5.75 Å². The van der Waals surface area contributed by atoms with Gasteiger partial charge >= 0.3 is 0 Å². The monoisotopic (exact) mass is 349 g/mol. The van der Waals surface area contributed by atoms with Gasteiger partial charge in [-0.1, -0.05) is 6.07 Å². The van der Waals surface area contributed by atoms with Crippen LogP contribution in [0.4, 0.5) is 0 Å². The van der Waals surface area contributed by atoms with Crippen LogP contribution in [0.3, 0.4) is 0 Å². The van der Waals surface area contributed by atoms with Gasteiger partial charge in [0.2, 0.25) is 11.8 Å². The molecule has 138 valence electrons. The Balaban J connectivity index is 1.75. The lowest BCUT2D eigenvalue weighted by atomic mass is 9.79. The maximum absolute atomic E-state index is 12.1. The SMILES string of the molecule is COCC1(CNC(=O)CCOc2cccc(C(N)=O)c2)CCNCC1. The van der Waals surface area contributed by atoms with Crippen molar-refractivity contribution in [3.8, 4) is 5.75 Å². The lowest BCUT2D eigenvalue weighted by Gasteiger charge is -2.37. The van der Waals surface area contributed by atoms with Gasteiger partial charge in [-0.15, -0.1) is 0 Å². The van der Waals surface area contributed by atoms with Crippen LogP contribution in [0.25, 0.3) is 0 Å². The molecular weight excluding hydrogens is 322 g/mol. The van der Waals surface area contributed by atoms with Crippen molar-refractivity contribution >= 4 is 11.8 Å². The Kier molecular flexibility index (Phi) is 7.21. The average molecular weight is 349 g/mol. The molecule has 1 fully saturated rings. The molecule has 0 unspecified atom stereocenters. The number of rotatable bonds is 9. The van der Waals surface area contributed by atoms with Gasteiger partial charge in [0.05, 0.1) is 19.6 Å². The van der Waals surface area contributed by atoms with Crippen molar-refractivity contribution in [1.82, 2.24) is 10.6 Å². The minimum atomic E-state index is -0.506. The summed E-state index contributed by atoms with van der Waals surface area (Å²) in [6.45, 7) is 3.38. The van der Waals surface area contributed by atoms with Gasteiger partial charge in [-0.2, -0.15) is 0 Å². The maximum atomic E-state index is 12.1. The Morgan fingerprint density at radius 3 is 2.76 bits per heavy atom. The van der Waals surface area contributed by atoms with E-state index in [-0.39, 0.29) is 24.3 Å². The molecule has 0 atom stereocenters. The predicted octanol–water partition coefficient (Wildman–Crippen LogP) is 0.687. The summed E-state index contributed by atoms with van der Waals surface area (Å²) in [5, 5.41) is 6.32. The number of amides is 2. The average Bonchev–Trinajstić information content (AvgIpc) is 2.61. The molecule has 2 rings (SSSR count). The van der Waals surface area contributed by atoms with E-state index in [1.807, 2.05) is 0 Å². The van der Waals surface area contributed by atoms with E-state index in [1.165, 1.54) is 0 Å². The molecule has 0 bridgehead atoms. The van der Waals surface area contributed by atoms with E-state index in [0.717, 1.165) is 25.9 Å². The summed E-state index contributed by atoms with van der Waals surface area (Å²) in [6.07, 6.45) is 2.22. The lowest BCUT2D eigenvalue weighted by Crippen LogP contribution is -2.47. The quantitative estimate of drug-likeness (QED) is 0.609. The fourth-order valence-electron chi connectivity index (χ4n) is 3.01. The Bertz CT molecular complexity index is 580. The summed E-state index contributed by atoms with van der Waals surface area (Å²) < 4.78 is 10.9. The molecule has 7 nitrogen and oxygen atoms in total. The zero-order chi connectivity index (χ0) is 18.1. The second-order valence-electron chi connectivity index (χ2n) is 6.45. The van der Waals surface area contributed by atoms with Crippen molar-refractivity contribution in [2.75, 3.05) is 40.0 Å². The van der Waals surface area contributed by atoms with Crippen LogP contribution in [0, 0.1) is 5.41 Å². The smallest absolute Gasteiger partial charge is 0.248 e. The van der Waals surface area contributed by atoms with E-state index in [1.54, 1.807) is 31.4 Å². The number of primary amides is 1. The first kappa shape index (κ1) is 19.2. The van der Waals surface area contributed by atoms with E-state index >= 15 is 0 Å². The third-order valence-corrected chi connectivity index (χ3v) is 4.49. The summed E-state index contributed by atoms with van der Waals surface area (Å²) in [5.41, 5.74) is 5.62. The van der Waals surface area contributed by atoms with Gasteiger partial charge in [0.1, 0.15) is 5.75 Å². The summed E-state index contributed by atoms with van der Waals surface area (Å²) >= 11 is 0. The van der Waals surface area contributed by atoms with Crippen molar-refractivity contribution in [2.45, 2.75) is 19.3 Å². The summed E-state index contributed by atoms with van der Waals surface area (Å²) in [4.78, 5) is 23.2. The van der Waals surface area contributed by atoms with Gasteiger partial charge in [-0.3, -0.25) is 9.59 Å². The first-order chi connectivity index (χ1) is 12.0. The predicted molar refractivity (Wildman–Crippen MR) is 94.5 cm³/mol. The number of nitrogens with one attached hydrogen (secondary N) is 2. The van der Waals surface area contributed by atoms with Crippen LogP contribution in [0.15, 0.2) is 24.3 Å². The number of nitrogens with two attached hydrogens (primary N) is 1. The first-order valence-electron chi connectivity index (χ1n) is 8.54. The van der Waals surface area contributed by atoms with Gasteiger partial charge in [0.15, 0.2) is 0 Å². The number of carbonyl (C=O) groups is 2. The molecule has 7 heteroatoms. The molecule has 1 saturated heterocycles. The Morgan fingerprint density at radius 2 is 2.08 bits per heavy atom. The Morgan fingerprint density at radius 1 is 1.32 bits per heavy atom. The highest BCUT2D eigenvalue weighted by Gasteiger charge is 2.32. The molecule has 1 aliphatic rings. The number of piperidine rings is 1. The molecule has 0 aliphatic carbocycles. The van der Waals surface area contributed by atoms with Crippen LogP contribution < -0.4 is 21.1 Å². The van der Waals surface area contributed by atoms with Gasteiger partial charge < -0.3 is 25.8 Å². The van der Waals surface area contributed by atoms with E-state index < -0.39 is 5.91 Å². The molecule has 1 heterocycles. The van der Waals surface area contributed by atoms with Crippen molar-refractivity contribution in [3.63, 3.8) is 0 Å². The van der Waals surface area contributed by atoms with Crippen LogP contribution in [-0.2, 0) is 9.53 Å². The van der Waals surface area contributed by atoms with Crippen molar-refractivity contribution in [3.05, 3.63) is 29.8 Å². The molecule has 4 N–H and O–H groups in total. The summed E-state index contributed by atoms with van der Waals surface area (Å²) in [6, 6.07) is 6.62. The topological polar surface area (TPSA) is 103 Å². The van der Waals surface area contributed by atoms with E-state index in [4.69, 9.17) is 15.2 Å². The van der Waals surface area contributed by atoms with E-state index in [9.17, 15) is 9.59 Å². The number of carbonyl (C=O) groups excluding carboxylic acids is 2. The zero-order valence-electron chi connectivity index (χ0n) is 14.7. The number of hydrogen-bond acceptors (Lipinski definition) is 5. The van der Waals surface area contributed by atoms with Crippen LogP contribution >= 0.6 is 0 Å².